The second-order valence-corrected chi connectivity index (χ2v) is 7.03. The standard InChI is InChI=1S/C24H23N3O5/c1-15(31-20-10-6-8-16-7-4-5-9-18(16)20)24(28)25-14-22-26-23(27-32-22)19-12-11-17(29-2)13-21(19)30-3/h4-13,15H,14H2,1-3H3,(H,25,28). The lowest BCUT2D eigenvalue weighted by atomic mass is 10.1. The van der Waals surface area contributed by atoms with Crippen LogP contribution in [0, 0.1) is 0 Å². The molecule has 8 heteroatoms. The Labute approximate surface area is 185 Å². The van der Waals surface area contributed by atoms with Crippen LogP contribution in [0.1, 0.15) is 12.8 Å². The number of benzene rings is 3. The number of carbonyl (C=O) groups is 1. The molecule has 1 N–H and O–H groups in total. The molecule has 0 aliphatic heterocycles. The molecular weight excluding hydrogens is 410 g/mol. The maximum absolute atomic E-state index is 12.5. The molecule has 4 aromatic rings. The normalized spacial score (nSPS) is 11.7. The lowest BCUT2D eigenvalue weighted by Crippen LogP contribution is -2.36. The average molecular weight is 433 g/mol. The van der Waals surface area contributed by atoms with E-state index in [0.717, 1.165) is 10.8 Å². The van der Waals surface area contributed by atoms with Gasteiger partial charge in [0.15, 0.2) is 6.10 Å². The van der Waals surface area contributed by atoms with Crippen molar-refractivity contribution >= 4 is 16.7 Å². The monoisotopic (exact) mass is 433 g/mol. The van der Waals surface area contributed by atoms with Crippen LogP contribution in [0.2, 0.25) is 0 Å². The molecule has 1 unspecified atom stereocenters. The van der Waals surface area contributed by atoms with Gasteiger partial charge in [0.25, 0.3) is 5.91 Å². The number of rotatable bonds is 8. The molecule has 32 heavy (non-hydrogen) atoms. The fourth-order valence-corrected chi connectivity index (χ4v) is 3.27. The number of ether oxygens (including phenoxy) is 3. The van der Waals surface area contributed by atoms with Gasteiger partial charge in [-0.25, -0.2) is 0 Å². The highest BCUT2D eigenvalue weighted by Crippen LogP contribution is 2.31. The van der Waals surface area contributed by atoms with E-state index in [-0.39, 0.29) is 18.3 Å². The van der Waals surface area contributed by atoms with Gasteiger partial charge in [0.05, 0.1) is 26.3 Å². The number of methoxy groups -OCH3 is 2. The first-order chi connectivity index (χ1) is 15.6. The molecule has 0 bridgehead atoms. The van der Waals surface area contributed by atoms with E-state index in [1.54, 1.807) is 39.3 Å². The summed E-state index contributed by atoms with van der Waals surface area (Å²) in [6.45, 7) is 1.77. The van der Waals surface area contributed by atoms with E-state index in [9.17, 15) is 4.79 Å². The summed E-state index contributed by atoms with van der Waals surface area (Å²) in [5, 5.41) is 8.75. The summed E-state index contributed by atoms with van der Waals surface area (Å²) in [7, 11) is 3.13. The highest BCUT2D eigenvalue weighted by atomic mass is 16.5. The van der Waals surface area contributed by atoms with Crippen LogP contribution in [0.3, 0.4) is 0 Å². The highest BCUT2D eigenvalue weighted by molar-refractivity contribution is 5.89. The van der Waals surface area contributed by atoms with Crippen molar-refractivity contribution in [2.24, 2.45) is 0 Å². The third-order valence-corrected chi connectivity index (χ3v) is 4.95. The number of amides is 1. The molecule has 1 atom stereocenters. The molecule has 4 rings (SSSR count). The first kappa shape index (κ1) is 21.2. The second-order valence-electron chi connectivity index (χ2n) is 7.03. The number of aromatic nitrogens is 2. The van der Waals surface area contributed by atoms with Crippen molar-refractivity contribution in [1.29, 1.82) is 0 Å². The topological polar surface area (TPSA) is 95.7 Å². The zero-order chi connectivity index (χ0) is 22.5. The minimum atomic E-state index is -0.704. The molecule has 164 valence electrons. The summed E-state index contributed by atoms with van der Waals surface area (Å²) in [5.74, 6) is 2.19. The zero-order valence-corrected chi connectivity index (χ0v) is 18.0. The van der Waals surface area contributed by atoms with Gasteiger partial charge in [0.2, 0.25) is 11.7 Å². The quantitative estimate of drug-likeness (QED) is 0.449. The number of hydrogen-bond donors (Lipinski definition) is 1. The molecule has 1 amide bonds. The molecule has 8 nitrogen and oxygen atoms in total. The smallest absolute Gasteiger partial charge is 0.261 e. The lowest BCUT2D eigenvalue weighted by molar-refractivity contribution is -0.127. The molecule has 0 spiro atoms. The van der Waals surface area contributed by atoms with Crippen molar-refractivity contribution in [3.8, 4) is 28.6 Å². The van der Waals surface area contributed by atoms with Crippen LogP contribution in [-0.2, 0) is 11.3 Å². The van der Waals surface area contributed by atoms with Crippen LogP contribution >= 0.6 is 0 Å². The number of hydrogen-bond acceptors (Lipinski definition) is 7. The van der Waals surface area contributed by atoms with Crippen LogP contribution in [0.5, 0.6) is 17.2 Å². The predicted molar refractivity (Wildman–Crippen MR) is 119 cm³/mol. The van der Waals surface area contributed by atoms with Crippen LogP contribution in [-0.4, -0.2) is 36.4 Å². The Morgan fingerprint density at radius 3 is 2.66 bits per heavy atom. The number of fused-ring (bicyclic) bond motifs is 1. The van der Waals surface area contributed by atoms with E-state index < -0.39 is 6.10 Å². The van der Waals surface area contributed by atoms with E-state index in [4.69, 9.17) is 18.7 Å². The summed E-state index contributed by atoms with van der Waals surface area (Å²) in [5.41, 5.74) is 0.655. The molecule has 0 aliphatic rings. The van der Waals surface area contributed by atoms with Crippen molar-refractivity contribution in [1.82, 2.24) is 15.5 Å². The fraction of sp³-hybridized carbons (Fsp3) is 0.208. The van der Waals surface area contributed by atoms with Gasteiger partial charge in [-0.15, -0.1) is 0 Å². The molecule has 0 aliphatic carbocycles. The first-order valence-corrected chi connectivity index (χ1v) is 10.1. The van der Waals surface area contributed by atoms with Crippen LogP contribution in [0.4, 0.5) is 0 Å². The van der Waals surface area contributed by atoms with Gasteiger partial charge >= 0.3 is 0 Å². The number of carbonyl (C=O) groups excluding carboxylic acids is 1. The van der Waals surface area contributed by atoms with Gasteiger partial charge in [0.1, 0.15) is 17.2 Å². The first-order valence-electron chi connectivity index (χ1n) is 10.1. The molecule has 0 saturated carbocycles. The largest absolute Gasteiger partial charge is 0.497 e. The Kier molecular flexibility index (Phi) is 6.21. The average Bonchev–Trinajstić information content (AvgIpc) is 3.31. The van der Waals surface area contributed by atoms with E-state index in [1.807, 2.05) is 42.5 Å². The summed E-state index contributed by atoms with van der Waals surface area (Å²) in [6.07, 6.45) is -0.704. The molecule has 1 aromatic heterocycles. The second kappa shape index (κ2) is 9.38. The fourth-order valence-electron chi connectivity index (χ4n) is 3.27. The van der Waals surface area contributed by atoms with Gasteiger partial charge < -0.3 is 24.1 Å². The Hall–Kier alpha value is -4.07. The summed E-state index contributed by atoms with van der Waals surface area (Å²) < 4.78 is 21.8. The molecule has 0 saturated heterocycles. The van der Waals surface area contributed by atoms with E-state index in [1.165, 1.54) is 0 Å². The third kappa shape index (κ3) is 4.49. The van der Waals surface area contributed by atoms with Crippen molar-refractivity contribution in [3.05, 3.63) is 66.6 Å². The van der Waals surface area contributed by atoms with Gasteiger partial charge in [-0.3, -0.25) is 4.79 Å². The van der Waals surface area contributed by atoms with Gasteiger partial charge in [0, 0.05) is 11.5 Å². The Balaban J connectivity index is 1.40. The van der Waals surface area contributed by atoms with Crippen LogP contribution in [0.15, 0.2) is 65.2 Å². The lowest BCUT2D eigenvalue weighted by Gasteiger charge is -2.15. The maximum atomic E-state index is 12.5. The van der Waals surface area contributed by atoms with E-state index in [0.29, 0.717) is 28.6 Å². The van der Waals surface area contributed by atoms with Crippen LogP contribution < -0.4 is 19.5 Å². The van der Waals surface area contributed by atoms with Crippen molar-refractivity contribution in [2.75, 3.05) is 14.2 Å². The van der Waals surface area contributed by atoms with Gasteiger partial charge in [-0.1, -0.05) is 41.6 Å². The Bertz CT molecular complexity index is 1230. The van der Waals surface area contributed by atoms with Crippen molar-refractivity contribution in [3.63, 3.8) is 0 Å². The highest BCUT2D eigenvalue weighted by Gasteiger charge is 2.18. The van der Waals surface area contributed by atoms with Crippen molar-refractivity contribution in [2.45, 2.75) is 19.6 Å². The minimum absolute atomic E-state index is 0.0769. The van der Waals surface area contributed by atoms with Gasteiger partial charge in [-0.05, 0) is 30.5 Å². The third-order valence-electron chi connectivity index (χ3n) is 4.95. The Morgan fingerprint density at radius 1 is 1.03 bits per heavy atom. The van der Waals surface area contributed by atoms with Gasteiger partial charge in [-0.2, -0.15) is 4.98 Å². The summed E-state index contributed by atoms with van der Waals surface area (Å²) >= 11 is 0. The van der Waals surface area contributed by atoms with E-state index >= 15 is 0 Å². The minimum Gasteiger partial charge on any atom is -0.497 e. The summed E-state index contributed by atoms with van der Waals surface area (Å²) in [4.78, 5) is 16.9. The number of nitrogens with one attached hydrogen (secondary N) is 1. The zero-order valence-electron chi connectivity index (χ0n) is 18.0. The molecule has 0 fully saturated rings. The van der Waals surface area contributed by atoms with Crippen molar-refractivity contribution < 1.29 is 23.5 Å². The molecule has 0 radical (unpaired) electrons. The predicted octanol–water partition coefficient (Wildman–Crippen LogP) is 3.99. The van der Waals surface area contributed by atoms with Crippen LogP contribution in [0.25, 0.3) is 22.2 Å². The number of nitrogens with zero attached hydrogens (tertiary/aromatic N) is 2. The maximum Gasteiger partial charge on any atom is 0.261 e. The summed E-state index contributed by atoms with van der Waals surface area (Å²) in [6, 6.07) is 18.9. The SMILES string of the molecule is COc1ccc(-c2noc(CNC(=O)C(C)Oc3cccc4ccccc34)n2)c(OC)c1. The Morgan fingerprint density at radius 2 is 1.84 bits per heavy atom. The molecule has 1 heterocycles. The van der Waals surface area contributed by atoms with E-state index in [2.05, 4.69) is 15.5 Å². The molecular formula is C24H23N3O5. The molecule has 3 aromatic carbocycles.